The van der Waals surface area contributed by atoms with Gasteiger partial charge in [-0.3, -0.25) is 0 Å². The molecular formula is C61H38N4O. The van der Waals surface area contributed by atoms with Gasteiger partial charge in [0.1, 0.15) is 23.2 Å². The number of para-hydroxylation sites is 1. The smallest absolute Gasteiger partial charge is 0.159 e. The third-order valence-corrected chi connectivity index (χ3v) is 13.6. The minimum atomic E-state index is -0.475. The van der Waals surface area contributed by atoms with Gasteiger partial charge in [0.2, 0.25) is 0 Å². The lowest BCUT2D eigenvalue weighted by Gasteiger charge is -2.26. The van der Waals surface area contributed by atoms with Gasteiger partial charge in [0, 0.05) is 43.9 Å². The molecule has 1 N–H and O–H groups in total. The van der Waals surface area contributed by atoms with Crippen LogP contribution in [0.25, 0.3) is 104 Å². The van der Waals surface area contributed by atoms with E-state index in [1.54, 1.807) is 0 Å². The van der Waals surface area contributed by atoms with Crippen molar-refractivity contribution >= 4 is 98.5 Å². The molecule has 1 aliphatic heterocycles. The molecule has 1 atom stereocenters. The summed E-state index contributed by atoms with van der Waals surface area (Å²) in [5.41, 5.74) is 10.3. The Bertz CT molecular complexity index is 4130. The van der Waals surface area contributed by atoms with E-state index >= 15 is 0 Å². The molecular weight excluding hydrogens is 805 g/mol. The molecule has 3 heterocycles. The topological polar surface area (TPSA) is 54.8 Å². The zero-order valence-corrected chi connectivity index (χ0v) is 35.6. The van der Waals surface area contributed by atoms with Gasteiger partial charge >= 0.3 is 0 Å². The molecule has 0 aliphatic carbocycles. The van der Waals surface area contributed by atoms with Crippen LogP contribution in [0.15, 0.2) is 233 Å². The molecule has 1 aliphatic rings. The van der Waals surface area contributed by atoms with Crippen LogP contribution in [0.5, 0.6) is 0 Å². The summed E-state index contributed by atoms with van der Waals surface area (Å²) in [6.07, 6.45) is -0.475. The SMILES string of the molecule is c1ccc2cc(C3=NC(c4ccc(-n5c6cc7ccccc7cc6c6cc7ccccc7cc65)cc4-c4ccc5oc6ccccc6c5c4)NC(c4ccc5ccccc5c4)=N3)ccc2c1. The largest absolute Gasteiger partial charge is 0.456 e. The number of aliphatic imine (C=N–C) groups is 2. The van der Waals surface area contributed by atoms with E-state index in [0.717, 1.165) is 83.1 Å². The molecule has 0 fully saturated rings. The Hall–Kier alpha value is -8.80. The highest BCUT2D eigenvalue weighted by Crippen LogP contribution is 2.41. The molecule has 66 heavy (non-hydrogen) atoms. The van der Waals surface area contributed by atoms with Gasteiger partial charge in [0.25, 0.3) is 0 Å². The predicted octanol–water partition coefficient (Wildman–Crippen LogP) is 15.5. The molecule has 1 unspecified atom stereocenters. The van der Waals surface area contributed by atoms with Crippen molar-refractivity contribution in [3.63, 3.8) is 0 Å². The fourth-order valence-corrected chi connectivity index (χ4v) is 10.3. The van der Waals surface area contributed by atoms with Gasteiger partial charge in [-0.05, 0) is 121 Å². The Morgan fingerprint density at radius 1 is 0.394 bits per heavy atom. The number of amidine groups is 2. The standard InChI is InChI=1S/C61H38N4O/c1-3-13-39-29-46(23-21-37(39)11-1)59-62-60(47-24-22-38-12-2-4-14-40(38)30-47)64-61(63-59)50-27-26-48(36-51(50)45-25-28-58-54(33-45)49-19-9-10-20-57(49)66-58)65-55-34-43-17-7-5-15-41(43)31-52(55)53-32-42-16-6-8-18-44(42)35-56(53)65/h1-36,61H,(H,62,63,64). The molecule has 308 valence electrons. The second-order valence-corrected chi connectivity index (χ2v) is 17.4. The highest BCUT2D eigenvalue weighted by Gasteiger charge is 2.26. The number of hydrogen-bond donors (Lipinski definition) is 1. The average Bonchev–Trinajstić information content (AvgIpc) is 3.90. The van der Waals surface area contributed by atoms with Crippen LogP contribution in [-0.4, -0.2) is 16.2 Å². The number of rotatable bonds is 5. The van der Waals surface area contributed by atoms with E-state index in [9.17, 15) is 0 Å². The molecule has 0 amide bonds. The molecule has 0 saturated carbocycles. The maximum absolute atomic E-state index is 6.37. The molecule has 5 heteroatoms. The number of hydrogen-bond acceptors (Lipinski definition) is 4. The number of nitrogens with zero attached hydrogens (tertiary/aromatic N) is 3. The van der Waals surface area contributed by atoms with Crippen LogP contribution in [0.3, 0.4) is 0 Å². The van der Waals surface area contributed by atoms with Gasteiger partial charge in [-0.15, -0.1) is 0 Å². The van der Waals surface area contributed by atoms with Crippen molar-refractivity contribution in [2.24, 2.45) is 9.98 Å². The summed E-state index contributed by atoms with van der Waals surface area (Å²) < 4.78 is 8.82. The quantitative estimate of drug-likeness (QED) is 0.188. The Morgan fingerprint density at radius 3 is 1.59 bits per heavy atom. The summed E-state index contributed by atoms with van der Waals surface area (Å²) in [5, 5.41) is 18.0. The van der Waals surface area contributed by atoms with Crippen molar-refractivity contribution in [2.75, 3.05) is 0 Å². The van der Waals surface area contributed by atoms with Gasteiger partial charge in [0.15, 0.2) is 5.84 Å². The molecule has 14 rings (SSSR count). The Morgan fingerprint density at radius 2 is 0.924 bits per heavy atom. The lowest BCUT2D eigenvalue weighted by atomic mass is 9.95. The summed E-state index contributed by atoms with van der Waals surface area (Å²) in [6.45, 7) is 0. The molecule has 0 bridgehead atoms. The Balaban J connectivity index is 1.02. The number of furan rings is 1. The van der Waals surface area contributed by atoms with Crippen LogP contribution >= 0.6 is 0 Å². The van der Waals surface area contributed by atoms with Crippen LogP contribution in [0.2, 0.25) is 0 Å². The van der Waals surface area contributed by atoms with Crippen LogP contribution in [0.1, 0.15) is 22.9 Å². The van der Waals surface area contributed by atoms with Crippen molar-refractivity contribution in [3.05, 3.63) is 235 Å². The first-order valence-electron chi connectivity index (χ1n) is 22.5. The molecule has 13 aromatic rings. The maximum Gasteiger partial charge on any atom is 0.159 e. The van der Waals surface area contributed by atoms with E-state index in [4.69, 9.17) is 14.4 Å². The third-order valence-electron chi connectivity index (χ3n) is 13.6. The van der Waals surface area contributed by atoms with Gasteiger partial charge in [-0.2, -0.15) is 0 Å². The van der Waals surface area contributed by atoms with Gasteiger partial charge < -0.3 is 14.3 Å². The Kier molecular flexibility index (Phi) is 7.98. The van der Waals surface area contributed by atoms with Crippen LogP contribution in [0.4, 0.5) is 0 Å². The molecule has 0 spiro atoms. The first-order valence-corrected chi connectivity index (χ1v) is 22.5. The summed E-state index contributed by atoms with van der Waals surface area (Å²) in [7, 11) is 0. The van der Waals surface area contributed by atoms with Crippen LogP contribution in [-0.2, 0) is 0 Å². The first kappa shape index (κ1) is 36.7. The van der Waals surface area contributed by atoms with Gasteiger partial charge in [-0.25, -0.2) is 9.98 Å². The highest BCUT2D eigenvalue weighted by molar-refractivity contribution is 6.17. The zero-order valence-electron chi connectivity index (χ0n) is 35.6. The predicted molar refractivity (Wildman–Crippen MR) is 275 cm³/mol. The average molecular weight is 843 g/mol. The van der Waals surface area contributed by atoms with Crippen molar-refractivity contribution in [3.8, 4) is 16.8 Å². The Labute approximate surface area is 379 Å². The second-order valence-electron chi connectivity index (χ2n) is 17.4. The number of benzene rings is 11. The van der Waals surface area contributed by atoms with Crippen molar-refractivity contribution in [1.29, 1.82) is 0 Å². The van der Waals surface area contributed by atoms with E-state index in [-0.39, 0.29) is 0 Å². The molecule has 0 saturated heterocycles. The van der Waals surface area contributed by atoms with Crippen LogP contribution in [0, 0.1) is 0 Å². The van der Waals surface area contributed by atoms with Crippen molar-refractivity contribution in [1.82, 2.24) is 9.88 Å². The van der Waals surface area contributed by atoms with E-state index < -0.39 is 6.17 Å². The summed E-state index contributed by atoms with van der Waals surface area (Å²) in [4.78, 5) is 10.8. The normalized spacial score (nSPS) is 14.2. The lowest BCUT2D eigenvalue weighted by Crippen LogP contribution is -2.33. The molecule has 5 nitrogen and oxygen atoms in total. The van der Waals surface area contributed by atoms with Crippen molar-refractivity contribution in [2.45, 2.75) is 6.17 Å². The lowest BCUT2D eigenvalue weighted by molar-refractivity contribution is 0.669. The third kappa shape index (κ3) is 5.87. The minimum absolute atomic E-state index is 0.475. The fraction of sp³-hybridized carbons (Fsp3) is 0.0164. The van der Waals surface area contributed by atoms with Crippen molar-refractivity contribution < 1.29 is 4.42 Å². The van der Waals surface area contributed by atoms with E-state index in [1.165, 1.54) is 43.1 Å². The number of fused-ring (bicyclic) bond motifs is 10. The number of nitrogens with one attached hydrogen (secondary N) is 1. The first-order chi connectivity index (χ1) is 32.6. The zero-order chi connectivity index (χ0) is 43.3. The summed E-state index contributed by atoms with van der Waals surface area (Å²) >= 11 is 0. The summed E-state index contributed by atoms with van der Waals surface area (Å²) in [6, 6.07) is 78.5. The number of aromatic nitrogens is 1. The summed E-state index contributed by atoms with van der Waals surface area (Å²) in [5.74, 6) is 1.46. The molecule has 0 radical (unpaired) electrons. The van der Waals surface area contributed by atoms with E-state index in [2.05, 4.69) is 216 Å². The van der Waals surface area contributed by atoms with Gasteiger partial charge in [-0.1, -0.05) is 152 Å². The maximum atomic E-state index is 6.37. The van der Waals surface area contributed by atoms with Crippen LogP contribution < -0.4 is 5.32 Å². The fourth-order valence-electron chi connectivity index (χ4n) is 10.3. The highest BCUT2D eigenvalue weighted by atomic mass is 16.3. The molecule has 11 aromatic carbocycles. The van der Waals surface area contributed by atoms with E-state index in [0.29, 0.717) is 5.84 Å². The van der Waals surface area contributed by atoms with E-state index in [1.807, 2.05) is 12.1 Å². The monoisotopic (exact) mass is 842 g/mol. The molecule has 2 aromatic heterocycles. The minimum Gasteiger partial charge on any atom is -0.456 e. The van der Waals surface area contributed by atoms with Gasteiger partial charge in [0.05, 0.1) is 11.0 Å². The second kappa shape index (κ2) is 14.4.